The summed E-state index contributed by atoms with van der Waals surface area (Å²) in [6, 6.07) is 0. The molecule has 60 valence electrons. The minimum atomic E-state index is 0. The Morgan fingerprint density at radius 2 is 1.33 bits per heavy atom. The Morgan fingerprint density at radius 1 is 1.11 bits per heavy atom. The summed E-state index contributed by atoms with van der Waals surface area (Å²) >= 11 is 0. The van der Waals surface area contributed by atoms with Crippen molar-refractivity contribution in [3.8, 4) is 0 Å². The van der Waals surface area contributed by atoms with Crippen molar-refractivity contribution in [1.29, 1.82) is 0 Å². The van der Waals surface area contributed by atoms with Crippen molar-refractivity contribution in [2.75, 3.05) is 0 Å². The molecular formula is C6H17Cl2N. The van der Waals surface area contributed by atoms with Gasteiger partial charge in [0, 0.05) is 5.54 Å². The summed E-state index contributed by atoms with van der Waals surface area (Å²) in [5.74, 6) is 0. The quantitative estimate of drug-likeness (QED) is 0.683. The van der Waals surface area contributed by atoms with E-state index in [0.29, 0.717) is 0 Å². The molecule has 0 saturated carbocycles. The van der Waals surface area contributed by atoms with E-state index in [2.05, 4.69) is 20.8 Å². The lowest BCUT2D eigenvalue weighted by Crippen LogP contribution is -2.33. The molecule has 0 aromatic rings. The summed E-state index contributed by atoms with van der Waals surface area (Å²) in [6.07, 6.45) is 2.15. The van der Waals surface area contributed by atoms with Gasteiger partial charge < -0.3 is 5.73 Å². The van der Waals surface area contributed by atoms with Gasteiger partial charge in [-0.3, -0.25) is 0 Å². The summed E-state index contributed by atoms with van der Waals surface area (Å²) in [7, 11) is 0. The van der Waals surface area contributed by atoms with Gasteiger partial charge in [-0.05, 0) is 19.8 Å². The smallest absolute Gasteiger partial charge is 0.0120 e. The Morgan fingerprint density at radius 3 is 1.33 bits per heavy atom. The molecule has 0 aromatic heterocycles. The van der Waals surface area contributed by atoms with Crippen LogP contribution in [0.2, 0.25) is 0 Å². The molecule has 0 fully saturated rings. The van der Waals surface area contributed by atoms with Gasteiger partial charge in [-0.1, -0.05) is 13.8 Å². The highest BCUT2D eigenvalue weighted by Crippen LogP contribution is 2.07. The van der Waals surface area contributed by atoms with Gasteiger partial charge in [0.05, 0.1) is 0 Å². The minimum Gasteiger partial charge on any atom is -0.325 e. The molecule has 0 amide bonds. The van der Waals surface area contributed by atoms with Crippen molar-refractivity contribution in [1.82, 2.24) is 0 Å². The molecule has 0 aliphatic heterocycles. The zero-order valence-corrected chi connectivity index (χ0v) is 7.94. The molecule has 0 radical (unpaired) electrons. The number of hydrogen-bond donors (Lipinski definition) is 1. The standard InChI is InChI=1S/C6H15N.2ClH/c1-4-6(3,7)5-2;;/h4-5,7H2,1-3H3;2*1H. The SMILES string of the molecule is CCC(C)(N)CC.Cl.Cl. The second-order valence-corrected chi connectivity index (χ2v) is 2.36. The van der Waals surface area contributed by atoms with E-state index in [1.807, 2.05) is 0 Å². The number of halogens is 2. The van der Waals surface area contributed by atoms with Gasteiger partial charge in [0.1, 0.15) is 0 Å². The largest absolute Gasteiger partial charge is 0.325 e. The fourth-order valence-electron chi connectivity index (χ4n) is 0.250. The molecule has 0 atom stereocenters. The van der Waals surface area contributed by atoms with E-state index in [1.54, 1.807) is 0 Å². The number of hydrogen-bond acceptors (Lipinski definition) is 1. The third-order valence-corrected chi connectivity index (χ3v) is 1.62. The van der Waals surface area contributed by atoms with Crippen LogP contribution in [0.5, 0.6) is 0 Å². The highest BCUT2D eigenvalue weighted by molar-refractivity contribution is 5.85. The van der Waals surface area contributed by atoms with Crippen LogP contribution in [0, 0.1) is 0 Å². The molecule has 1 nitrogen and oxygen atoms in total. The lowest BCUT2D eigenvalue weighted by atomic mass is 9.98. The maximum Gasteiger partial charge on any atom is 0.0120 e. The molecule has 0 aromatic carbocycles. The maximum absolute atomic E-state index is 5.72. The van der Waals surface area contributed by atoms with E-state index in [0.717, 1.165) is 12.8 Å². The van der Waals surface area contributed by atoms with E-state index in [9.17, 15) is 0 Å². The lowest BCUT2D eigenvalue weighted by Gasteiger charge is -2.18. The normalized spacial score (nSPS) is 9.33. The topological polar surface area (TPSA) is 26.0 Å². The Hall–Kier alpha value is 0.540. The molecule has 0 saturated heterocycles. The van der Waals surface area contributed by atoms with Crippen molar-refractivity contribution >= 4 is 24.8 Å². The van der Waals surface area contributed by atoms with Crippen LogP contribution in [-0.2, 0) is 0 Å². The van der Waals surface area contributed by atoms with Gasteiger partial charge in [0.15, 0.2) is 0 Å². The second-order valence-electron chi connectivity index (χ2n) is 2.36. The molecule has 0 unspecified atom stereocenters. The second kappa shape index (κ2) is 6.66. The van der Waals surface area contributed by atoms with Gasteiger partial charge in [-0.2, -0.15) is 0 Å². The summed E-state index contributed by atoms with van der Waals surface area (Å²) < 4.78 is 0. The molecule has 0 rings (SSSR count). The molecule has 2 N–H and O–H groups in total. The van der Waals surface area contributed by atoms with Crippen molar-refractivity contribution in [3.63, 3.8) is 0 Å². The first-order valence-corrected chi connectivity index (χ1v) is 2.91. The monoisotopic (exact) mass is 173 g/mol. The van der Waals surface area contributed by atoms with Crippen LogP contribution in [0.1, 0.15) is 33.6 Å². The molecule has 0 spiro atoms. The first kappa shape index (κ1) is 16.3. The lowest BCUT2D eigenvalue weighted by molar-refractivity contribution is 0.437. The van der Waals surface area contributed by atoms with Crippen molar-refractivity contribution < 1.29 is 0 Å². The average Bonchev–Trinajstić information content (AvgIpc) is 1.68. The zero-order valence-electron chi connectivity index (χ0n) is 6.31. The highest BCUT2D eigenvalue weighted by Gasteiger charge is 2.10. The third kappa shape index (κ3) is 8.54. The van der Waals surface area contributed by atoms with Crippen LogP contribution in [0.15, 0.2) is 0 Å². The van der Waals surface area contributed by atoms with Crippen molar-refractivity contribution in [2.24, 2.45) is 5.73 Å². The van der Waals surface area contributed by atoms with Gasteiger partial charge in [0.25, 0.3) is 0 Å². The first-order chi connectivity index (χ1) is 3.12. The van der Waals surface area contributed by atoms with Crippen molar-refractivity contribution in [3.05, 3.63) is 0 Å². The van der Waals surface area contributed by atoms with E-state index < -0.39 is 0 Å². The van der Waals surface area contributed by atoms with Crippen LogP contribution < -0.4 is 5.73 Å². The van der Waals surface area contributed by atoms with Crippen molar-refractivity contribution in [2.45, 2.75) is 39.2 Å². The summed E-state index contributed by atoms with van der Waals surface area (Å²) in [5, 5.41) is 0. The van der Waals surface area contributed by atoms with Gasteiger partial charge in [-0.15, -0.1) is 24.8 Å². The van der Waals surface area contributed by atoms with Gasteiger partial charge in [0.2, 0.25) is 0 Å². The molecule has 0 bridgehead atoms. The van der Waals surface area contributed by atoms with E-state index >= 15 is 0 Å². The van der Waals surface area contributed by atoms with Gasteiger partial charge in [-0.25, -0.2) is 0 Å². The summed E-state index contributed by atoms with van der Waals surface area (Å²) in [4.78, 5) is 0. The molecule has 0 aliphatic carbocycles. The number of nitrogens with two attached hydrogens (primary N) is 1. The summed E-state index contributed by atoms with van der Waals surface area (Å²) in [6.45, 7) is 6.31. The Balaban J connectivity index is -0.000000180. The van der Waals surface area contributed by atoms with Crippen LogP contribution in [-0.4, -0.2) is 5.54 Å². The minimum absolute atomic E-state index is 0. The van der Waals surface area contributed by atoms with E-state index in [4.69, 9.17) is 5.73 Å². The molecular weight excluding hydrogens is 157 g/mol. The maximum atomic E-state index is 5.72. The van der Waals surface area contributed by atoms with E-state index in [-0.39, 0.29) is 30.4 Å². The van der Waals surface area contributed by atoms with Crippen LogP contribution in [0.4, 0.5) is 0 Å². The van der Waals surface area contributed by atoms with Crippen LogP contribution in [0.3, 0.4) is 0 Å². The Bertz CT molecular complexity index is 49.0. The zero-order chi connectivity index (χ0) is 5.91. The predicted octanol–water partition coefficient (Wildman–Crippen LogP) is 2.37. The van der Waals surface area contributed by atoms with Crippen LogP contribution >= 0.6 is 24.8 Å². The molecule has 0 heterocycles. The van der Waals surface area contributed by atoms with Crippen LogP contribution in [0.25, 0.3) is 0 Å². The van der Waals surface area contributed by atoms with E-state index in [1.165, 1.54) is 0 Å². The first-order valence-electron chi connectivity index (χ1n) is 2.91. The van der Waals surface area contributed by atoms with Gasteiger partial charge >= 0.3 is 0 Å². The predicted molar refractivity (Wildman–Crippen MR) is 47.7 cm³/mol. The fraction of sp³-hybridized carbons (Fsp3) is 1.00. The Labute approximate surface area is 70.2 Å². The Kier molecular flexibility index (Phi) is 12.0. The third-order valence-electron chi connectivity index (χ3n) is 1.62. The summed E-state index contributed by atoms with van der Waals surface area (Å²) in [5.41, 5.74) is 5.80. The average molecular weight is 174 g/mol. The fourth-order valence-corrected chi connectivity index (χ4v) is 0.250. The highest BCUT2D eigenvalue weighted by atomic mass is 35.5. The number of rotatable bonds is 2. The molecule has 3 heteroatoms. The molecule has 0 aliphatic rings. The molecule has 9 heavy (non-hydrogen) atoms.